The Labute approximate surface area is 123 Å². The van der Waals surface area contributed by atoms with Crippen LogP contribution in [0.3, 0.4) is 0 Å². The second-order valence-electron chi connectivity index (χ2n) is 6.41. The Morgan fingerprint density at radius 2 is 2.00 bits per heavy atom. The second kappa shape index (κ2) is 6.31. The van der Waals surface area contributed by atoms with E-state index in [9.17, 15) is 4.79 Å². The van der Waals surface area contributed by atoms with Gasteiger partial charge in [-0.1, -0.05) is 44.4 Å². The molecule has 0 amide bonds. The molecule has 0 spiro atoms. The van der Waals surface area contributed by atoms with Crippen molar-refractivity contribution in [2.24, 2.45) is 17.3 Å². The third-order valence-electron chi connectivity index (χ3n) is 4.00. The lowest BCUT2D eigenvalue weighted by Crippen LogP contribution is -2.20. The fourth-order valence-electron chi connectivity index (χ4n) is 2.67. The Morgan fingerprint density at radius 3 is 2.45 bits per heavy atom. The Hall–Kier alpha value is -1.49. The van der Waals surface area contributed by atoms with Crippen molar-refractivity contribution in [2.75, 3.05) is 0 Å². The number of rotatable bonds is 5. The molecular formula is C18H26O2. The van der Waals surface area contributed by atoms with Gasteiger partial charge in [0.25, 0.3) is 0 Å². The maximum absolute atomic E-state index is 12.3. The summed E-state index contributed by atoms with van der Waals surface area (Å²) in [5, 5.41) is 0. The summed E-state index contributed by atoms with van der Waals surface area (Å²) in [6.07, 6.45) is 9.99. The number of esters is 1. The highest BCUT2D eigenvalue weighted by molar-refractivity contribution is 5.79. The minimum atomic E-state index is -0.536. The van der Waals surface area contributed by atoms with Crippen LogP contribution in [0, 0.1) is 29.6 Å². The molecule has 3 atom stereocenters. The molecule has 1 rings (SSSR count). The maximum atomic E-state index is 12.3. The Bertz CT molecular complexity index is 470. The van der Waals surface area contributed by atoms with E-state index < -0.39 is 6.10 Å². The van der Waals surface area contributed by atoms with E-state index in [-0.39, 0.29) is 23.2 Å². The number of carbonyl (C=O) groups excluding carboxylic acids is 1. The third-order valence-corrected chi connectivity index (χ3v) is 4.00. The van der Waals surface area contributed by atoms with E-state index in [1.807, 2.05) is 19.9 Å². The molecule has 110 valence electrons. The van der Waals surface area contributed by atoms with Crippen molar-refractivity contribution in [2.45, 2.75) is 54.1 Å². The first-order chi connectivity index (χ1) is 9.25. The zero-order valence-electron chi connectivity index (χ0n) is 13.5. The van der Waals surface area contributed by atoms with Crippen LogP contribution in [0.4, 0.5) is 0 Å². The van der Waals surface area contributed by atoms with Crippen molar-refractivity contribution in [3.05, 3.63) is 23.3 Å². The number of hydrogen-bond acceptors (Lipinski definition) is 2. The topological polar surface area (TPSA) is 26.3 Å². The minimum Gasteiger partial charge on any atom is -0.444 e. The summed E-state index contributed by atoms with van der Waals surface area (Å²) in [7, 11) is 0. The van der Waals surface area contributed by atoms with Gasteiger partial charge in [-0.25, -0.2) is 0 Å². The van der Waals surface area contributed by atoms with Gasteiger partial charge in [0, 0.05) is 0 Å². The summed E-state index contributed by atoms with van der Waals surface area (Å²) >= 11 is 0. The van der Waals surface area contributed by atoms with E-state index in [2.05, 4.69) is 39.7 Å². The third kappa shape index (κ3) is 3.54. The van der Waals surface area contributed by atoms with Crippen molar-refractivity contribution in [1.82, 2.24) is 0 Å². The number of terminal acetylenes is 1. The van der Waals surface area contributed by atoms with Gasteiger partial charge in [-0.3, -0.25) is 4.79 Å². The van der Waals surface area contributed by atoms with Crippen LogP contribution < -0.4 is 0 Å². The molecule has 0 aromatic rings. The Kier molecular flexibility index (Phi) is 5.22. The average molecular weight is 274 g/mol. The van der Waals surface area contributed by atoms with Crippen LogP contribution in [-0.2, 0) is 9.53 Å². The summed E-state index contributed by atoms with van der Waals surface area (Å²) in [6, 6.07) is 0. The molecule has 0 aromatic heterocycles. The Morgan fingerprint density at radius 1 is 1.40 bits per heavy atom. The number of allylic oxidation sites excluding steroid dienone is 3. The van der Waals surface area contributed by atoms with Crippen molar-refractivity contribution < 1.29 is 9.53 Å². The van der Waals surface area contributed by atoms with Crippen molar-refractivity contribution in [3.8, 4) is 12.3 Å². The first-order valence-electron chi connectivity index (χ1n) is 7.24. The van der Waals surface area contributed by atoms with Gasteiger partial charge >= 0.3 is 5.97 Å². The predicted octanol–water partition coefficient (Wildman–Crippen LogP) is 4.13. The lowest BCUT2D eigenvalue weighted by atomic mass is 10.1. The first-order valence-corrected chi connectivity index (χ1v) is 7.24. The van der Waals surface area contributed by atoms with Gasteiger partial charge in [-0.05, 0) is 44.1 Å². The molecule has 0 aromatic carbocycles. The SMILES string of the molecule is C#C[C@H](OC(=O)[C@H]1[C@H](C=C(C)C)C1(C)C)C(C)=CCC. The molecule has 2 heteroatoms. The molecule has 0 bridgehead atoms. The van der Waals surface area contributed by atoms with E-state index in [0.29, 0.717) is 0 Å². The summed E-state index contributed by atoms with van der Waals surface area (Å²) in [6.45, 7) is 12.2. The van der Waals surface area contributed by atoms with E-state index in [0.717, 1.165) is 12.0 Å². The summed E-state index contributed by atoms with van der Waals surface area (Å²) in [4.78, 5) is 12.3. The van der Waals surface area contributed by atoms with Crippen LogP contribution >= 0.6 is 0 Å². The monoisotopic (exact) mass is 274 g/mol. The van der Waals surface area contributed by atoms with Crippen molar-refractivity contribution >= 4 is 5.97 Å². The van der Waals surface area contributed by atoms with Gasteiger partial charge in [-0.2, -0.15) is 0 Å². The molecule has 0 unspecified atom stereocenters. The molecule has 1 aliphatic rings. The van der Waals surface area contributed by atoms with Crippen LogP contribution in [0.15, 0.2) is 23.3 Å². The molecule has 20 heavy (non-hydrogen) atoms. The molecule has 0 aliphatic heterocycles. The number of ether oxygens (including phenoxy) is 1. The van der Waals surface area contributed by atoms with E-state index in [4.69, 9.17) is 11.2 Å². The molecule has 0 radical (unpaired) electrons. The fourth-order valence-corrected chi connectivity index (χ4v) is 2.67. The Balaban J connectivity index is 2.76. The molecule has 0 saturated heterocycles. The van der Waals surface area contributed by atoms with Crippen molar-refractivity contribution in [1.29, 1.82) is 0 Å². The lowest BCUT2D eigenvalue weighted by Gasteiger charge is -2.13. The van der Waals surface area contributed by atoms with Crippen LogP contribution in [0.2, 0.25) is 0 Å². The van der Waals surface area contributed by atoms with Gasteiger partial charge in [0.05, 0.1) is 5.92 Å². The molecule has 0 heterocycles. The lowest BCUT2D eigenvalue weighted by molar-refractivity contribution is -0.147. The van der Waals surface area contributed by atoms with Crippen molar-refractivity contribution in [3.63, 3.8) is 0 Å². The molecule has 1 saturated carbocycles. The molecule has 0 N–H and O–H groups in total. The minimum absolute atomic E-state index is 0.0319. The highest BCUT2D eigenvalue weighted by atomic mass is 16.5. The number of carbonyl (C=O) groups is 1. The average Bonchev–Trinajstić information content (AvgIpc) is 2.86. The normalized spacial score (nSPS) is 25.4. The van der Waals surface area contributed by atoms with Crippen LogP contribution in [0.1, 0.15) is 48.0 Å². The molecule has 1 fully saturated rings. The smallest absolute Gasteiger partial charge is 0.311 e. The predicted molar refractivity (Wildman–Crippen MR) is 83.0 cm³/mol. The van der Waals surface area contributed by atoms with Crippen LogP contribution in [0.5, 0.6) is 0 Å². The van der Waals surface area contributed by atoms with Gasteiger partial charge in [0.2, 0.25) is 0 Å². The quantitative estimate of drug-likeness (QED) is 0.428. The van der Waals surface area contributed by atoms with Gasteiger partial charge in [0.15, 0.2) is 6.10 Å². The second-order valence-corrected chi connectivity index (χ2v) is 6.41. The first kappa shape index (κ1) is 16.6. The summed E-state index contributed by atoms with van der Waals surface area (Å²) in [5.74, 6) is 2.56. The standard InChI is InChI=1S/C18H26O2/c1-8-10-13(5)15(9-2)20-17(19)16-14(11-12(3)4)18(16,6)7/h2,10-11,14-16H,8H2,1,3-7H3/t14-,15-,16+/m0/s1. The number of hydrogen-bond donors (Lipinski definition) is 0. The summed E-state index contributed by atoms with van der Waals surface area (Å²) in [5.41, 5.74) is 2.13. The molecular weight excluding hydrogens is 248 g/mol. The van der Waals surface area contributed by atoms with E-state index in [1.54, 1.807) is 0 Å². The van der Waals surface area contributed by atoms with Gasteiger partial charge in [0.1, 0.15) is 0 Å². The van der Waals surface area contributed by atoms with Crippen LogP contribution in [0.25, 0.3) is 0 Å². The maximum Gasteiger partial charge on any atom is 0.311 e. The molecule has 1 aliphatic carbocycles. The fraction of sp³-hybridized carbons (Fsp3) is 0.611. The largest absolute Gasteiger partial charge is 0.444 e. The van der Waals surface area contributed by atoms with Crippen LogP contribution in [-0.4, -0.2) is 12.1 Å². The van der Waals surface area contributed by atoms with E-state index >= 15 is 0 Å². The van der Waals surface area contributed by atoms with E-state index in [1.165, 1.54) is 5.57 Å². The highest BCUT2D eigenvalue weighted by Gasteiger charge is 2.61. The highest BCUT2D eigenvalue weighted by Crippen LogP contribution is 2.59. The zero-order valence-corrected chi connectivity index (χ0v) is 13.5. The molecule has 2 nitrogen and oxygen atoms in total. The van der Waals surface area contributed by atoms with Gasteiger partial charge < -0.3 is 4.74 Å². The van der Waals surface area contributed by atoms with Gasteiger partial charge in [-0.15, -0.1) is 6.42 Å². The summed E-state index contributed by atoms with van der Waals surface area (Å²) < 4.78 is 5.51. The zero-order chi connectivity index (χ0) is 15.5.